The molecule has 1 aliphatic rings. The largest absolute Gasteiger partial charge is 0.359 e. The minimum absolute atomic E-state index is 0.367. The molecule has 2 aromatic rings. The van der Waals surface area contributed by atoms with Crippen molar-refractivity contribution < 1.29 is 4.79 Å². The third kappa shape index (κ3) is 2.59. The number of nitrogens with two attached hydrogens (primary N) is 1. The number of pyridine rings is 1. The smallest absolute Gasteiger partial charge is 0.293 e. The second-order valence-corrected chi connectivity index (χ2v) is 5.34. The van der Waals surface area contributed by atoms with Crippen LogP contribution in [0.4, 0.5) is 0 Å². The van der Waals surface area contributed by atoms with Crippen molar-refractivity contribution in [3.8, 4) is 11.8 Å². The molecule has 3 rings (SSSR count). The first-order chi connectivity index (χ1) is 10.6. The van der Waals surface area contributed by atoms with Gasteiger partial charge in [-0.2, -0.15) is 0 Å². The number of halogens is 1. The number of hydrogen-bond acceptors (Lipinski definition) is 3. The van der Waals surface area contributed by atoms with E-state index in [1.807, 2.05) is 30.4 Å². The summed E-state index contributed by atoms with van der Waals surface area (Å²) >= 11 is 6.24. The Bertz CT molecular complexity index is 862. The third-order valence-corrected chi connectivity index (χ3v) is 3.85. The van der Waals surface area contributed by atoms with Crippen molar-refractivity contribution >= 4 is 34.6 Å². The molecular formula is C17H12ClN3O. The first kappa shape index (κ1) is 14.3. The Labute approximate surface area is 132 Å². The number of primary amides is 1. The van der Waals surface area contributed by atoms with Crippen molar-refractivity contribution in [2.75, 3.05) is 0 Å². The number of allylic oxidation sites excluding steroid dienone is 1. The summed E-state index contributed by atoms with van der Waals surface area (Å²) < 4.78 is 0. The van der Waals surface area contributed by atoms with Gasteiger partial charge in [0.25, 0.3) is 5.91 Å². The van der Waals surface area contributed by atoms with Crippen LogP contribution >= 0.6 is 11.6 Å². The molecule has 4 nitrogen and oxygen atoms in total. The number of nitrogens with zero attached hydrogens (tertiary/aromatic N) is 2. The molecule has 0 aliphatic carbocycles. The second-order valence-electron chi connectivity index (χ2n) is 4.93. The van der Waals surface area contributed by atoms with Crippen LogP contribution in [0, 0.1) is 11.8 Å². The molecular weight excluding hydrogens is 298 g/mol. The van der Waals surface area contributed by atoms with E-state index in [4.69, 9.17) is 17.3 Å². The first-order valence-corrected chi connectivity index (χ1v) is 7.05. The van der Waals surface area contributed by atoms with Gasteiger partial charge in [-0.15, -0.1) is 0 Å². The lowest BCUT2D eigenvalue weighted by molar-refractivity contribution is -0.112. The van der Waals surface area contributed by atoms with Crippen LogP contribution in [0.3, 0.4) is 0 Å². The highest BCUT2D eigenvalue weighted by Crippen LogP contribution is 2.36. The zero-order chi connectivity index (χ0) is 15.6. The standard InChI is InChI=1S/C17H12ClN3O/c18-14-6-10-20-15-5-4-12(11-13(14)15)17(8-2-9-21-17)7-1-3-16(19)22/h2,4-6,8-11H,7H2,(H2,19,22). The molecule has 1 unspecified atom stereocenters. The van der Waals surface area contributed by atoms with Gasteiger partial charge in [0.15, 0.2) is 0 Å². The van der Waals surface area contributed by atoms with Gasteiger partial charge in [-0.1, -0.05) is 29.7 Å². The summed E-state index contributed by atoms with van der Waals surface area (Å²) in [6.07, 6.45) is 7.58. The number of benzene rings is 1. The van der Waals surface area contributed by atoms with Gasteiger partial charge < -0.3 is 5.73 Å². The quantitative estimate of drug-likeness (QED) is 0.866. The van der Waals surface area contributed by atoms with Gasteiger partial charge in [0.05, 0.1) is 10.5 Å². The highest BCUT2D eigenvalue weighted by Gasteiger charge is 2.29. The molecule has 2 N–H and O–H groups in total. The van der Waals surface area contributed by atoms with E-state index >= 15 is 0 Å². The normalized spacial score (nSPS) is 19.1. The van der Waals surface area contributed by atoms with Crippen LogP contribution in [0.1, 0.15) is 12.0 Å². The molecule has 1 amide bonds. The first-order valence-electron chi connectivity index (χ1n) is 6.67. The summed E-state index contributed by atoms with van der Waals surface area (Å²) in [4.78, 5) is 19.6. The number of rotatable bonds is 2. The Morgan fingerprint density at radius 1 is 1.36 bits per heavy atom. The van der Waals surface area contributed by atoms with E-state index in [2.05, 4.69) is 21.8 Å². The fourth-order valence-corrected chi connectivity index (χ4v) is 2.65. The van der Waals surface area contributed by atoms with E-state index in [1.165, 1.54) is 0 Å². The summed E-state index contributed by atoms with van der Waals surface area (Å²) in [5.41, 5.74) is 6.21. The maximum absolute atomic E-state index is 10.8. The van der Waals surface area contributed by atoms with Crippen LogP contribution < -0.4 is 5.73 Å². The molecule has 0 saturated carbocycles. The molecule has 0 saturated heterocycles. The summed E-state index contributed by atoms with van der Waals surface area (Å²) in [6, 6.07) is 7.57. The lowest BCUT2D eigenvalue weighted by atomic mass is 9.87. The summed E-state index contributed by atoms with van der Waals surface area (Å²) in [6.45, 7) is 0. The van der Waals surface area contributed by atoms with Gasteiger partial charge >= 0.3 is 0 Å². The molecule has 108 valence electrons. The van der Waals surface area contributed by atoms with E-state index in [0.717, 1.165) is 16.5 Å². The van der Waals surface area contributed by atoms with Crippen molar-refractivity contribution in [1.29, 1.82) is 0 Å². The molecule has 22 heavy (non-hydrogen) atoms. The van der Waals surface area contributed by atoms with Gasteiger partial charge in [0, 0.05) is 24.2 Å². The number of hydrogen-bond donors (Lipinski definition) is 1. The van der Waals surface area contributed by atoms with E-state index < -0.39 is 11.4 Å². The molecule has 0 fully saturated rings. The Kier molecular flexibility index (Phi) is 3.66. The van der Waals surface area contributed by atoms with Crippen LogP contribution in [-0.2, 0) is 10.3 Å². The van der Waals surface area contributed by atoms with Crippen LogP contribution in [0.15, 0.2) is 47.6 Å². The molecule has 0 spiro atoms. The number of amides is 1. The van der Waals surface area contributed by atoms with Gasteiger partial charge in [0.1, 0.15) is 5.54 Å². The van der Waals surface area contributed by atoms with Crippen LogP contribution in [-0.4, -0.2) is 17.1 Å². The molecule has 0 bridgehead atoms. The maximum atomic E-state index is 10.8. The summed E-state index contributed by atoms with van der Waals surface area (Å²) in [5, 5.41) is 1.50. The minimum atomic E-state index is -0.646. The van der Waals surface area contributed by atoms with Crippen molar-refractivity contribution in [3.63, 3.8) is 0 Å². The molecule has 1 aliphatic heterocycles. The zero-order valence-corrected chi connectivity index (χ0v) is 12.3. The number of fused-ring (bicyclic) bond motifs is 1. The average Bonchev–Trinajstić information content (AvgIpc) is 2.97. The Balaban J connectivity index is 2.08. The number of carbonyl (C=O) groups excluding carboxylic acids is 1. The monoisotopic (exact) mass is 309 g/mol. The van der Waals surface area contributed by atoms with Crippen LogP contribution in [0.5, 0.6) is 0 Å². The molecule has 1 aromatic carbocycles. The lowest BCUT2D eigenvalue weighted by Gasteiger charge is -2.22. The van der Waals surface area contributed by atoms with Gasteiger partial charge in [-0.25, -0.2) is 0 Å². The van der Waals surface area contributed by atoms with E-state index in [0.29, 0.717) is 11.4 Å². The Morgan fingerprint density at radius 3 is 2.95 bits per heavy atom. The predicted molar refractivity (Wildman–Crippen MR) is 87.7 cm³/mol. The molecule has 2 heterocycles. The topological polar surface area (TPSA) is 68.3 Å². The van der Waals surface area contributed by atoms with E-state index in [1.54, 1.807) is 18.5 Å². The molecule has 1 atom stereocenters. The lowest BCUT2D eigenvalue weighted by Crippen LogP contribution is -2.18. The Morgan fingerprint density at radius 2 is 2.23 bits per heavy atom. The van der Waals surface area contributed by atoms with Crippen LogP contribution in [0.2, 0.25) is 5.02 Å². The molecule has 0 radical (unpaired) electrons. The highest BCUT2D eigenvalue weighted by atomic mass is 35.5. The van der Waals surface area contributed by atoms with E-state index in [-0.39, 0.29) is 0 Å². The summed E-state index contributed by atoms with van der Waals surface area (Å²) in [5.74, 6) is 4.50. The fraction of sp³-hybridized carbons (Fsp3) is 0.118. The second kappa shape index (κ2) is 5.63. The minimum Gasteiger partial charge on any atom is -0.359 e. The zero-order valence-electron chi connectivity index (χ0n) is 11.6. The number of aromatic nitrogens is 1. The van der Waals surface area contributed by atoms with Gasteiger partial charge in [-0.05, 0) is 35.8 Å². The van der Waals surface area contributed by atoms with Gasteiger partial charge in [-0.3, -0.25) is 14.8 Å². The third-order valence-electron chi connectivity index (χ3n) is 3.52. The van der Waals surface area contributed by atoms with Gasteiger partial charge in [0.2, 0.25) is 0 Å². The average molecular weight is 310 g/mol. The van der Waals surface area contributed by atoms with Crippen molar-refractivity contribution in [2.24, 2.45) is 10.7 Å². The fourth-order valence-electron chi connectivity index (χ4n) is 2.45. The number of carbonyl (C=O) groups is 1. The number of aliphatic imine (C=N–C) groups is 1. The van der Waals surface area contributed by atoms with Crippen molar-refractivity contribution in [1.82, 2.24) is 4.98 Å². The predicted octanol–water partition coefficient (Wildman–Crippen LogP) is 2.60. The van der Waals surface area contributed by atoms with Crippen molar-refractivity contribution in [2.45, 2.75) is 12.0 Å². The maximum Gasteiger partial charge on any atom is 0.293 e. The molecule has 1 aromatic heterocycles. The van der Waals surface area contributed by atoms with Crippen molar-refractivity contribution in [3.05, 3.63) is 53.2 Å². The SMILES string of the molecule is NC(=O)C#CCC1(c2ccc3nccc(Cl)c3c2)C=CC=N1. The Hall–Kier alpha value is -2.64. The summed E-state index contributed by atoms with van der Waals surface area (Å²) in [7, 11) is 0. The highest BCUT2D eigenvalue weighted by molar-refractivity contribution is 6.35. The van der Waals surface area contributed by atoms with Crippen LogP contribution in [0.25, 0.3) is 10.9 Å². The van der Waals surface area contributed by atoms with E-state index in [9.17, 15) is 4.79 Å². The molecule has 5 heteroatoms.